The number of nitrogens with zero attached hydrogens (tertiary/aromatic N) is 3. The van der Waals surface area contributed by atoms with Crippen LogP contribution in [0.4, 0.5) is 0 Å². The van der Waals surface area contributed by atoms with Crippen molar-refractivity contribution in [3.05, 3.63) is 11.7 Å². The van der Waals surface area contributed by atoms with E-state index in [1.54, 1.807) is 0 Å². The minimum absolute atomic E-state index is 0.249. The third-order valence-electron chi connectivity index (χ3n) is 3.93. The number of likely N-dealkylation sites (tertiary alicyclic amines) is 1. The highest BCUT2D eigenvalue weighted by Gasteiger charge is 2.23. The largest absolute Gasteiger partial charge is 0.393 e. The highest BCUT2D eigenvalue weighted by atomic mass is 16.5. The molecule has 1 aromatic heterocycles. The summed E-state index contributed by atoms with van der Waals surface area (Å²) >= 11 is 0. The van der Waals surface area contributed by atoms with Crippen molar-refractivity contribution in [2.75, 3.05) is 6.54 Å². The monoisotopic (exact) mass is 281 g/mol. The minimum atomic E-state index is -0.249. The van der Waals surface area contributed by atoms with Crippen molar-refractivity contribution in [3.8, 4) is 0 Å². The fourth-order valence-electron chi connectivity index (χ4n) is 2.96. The van der Waals surface area contributed by atoms with E-state index in [0.29, 0.717) is 6.04 Å². The van der Waals surface area contributed by atoms with Crippen molar-refractivity contribution in [3.63, 3.8) is 0 Å². The summed E-state index contributed by atoms with van der Waals surface area (Å²) in [5, 5.41) is 13.8. The van der Waals surface area contributed by atoms with Crippen LogP contribution in [0.2, 0.25) is 0 Å². The Balaban J connectivity index is 1.98. The van der Waals surface area contributed by atoms with Gasteiger partial charge < -0.3 is 9.63 Å². The van der Waals surface area contributed by atoms with Gasteiger partial charge in [-0.05, 0) is 39.2 Å². The van der Waals surface area contributed by atoms with Crippen molar-refractivity contribution >= 4 is 0 Å². The second kappa shape index (κ2) is 7.74. The van der Waals surface area contributed by atoms with Crippen LogP contribution in [-0.4, -0.2) is 38.8 Å². The molecule has 1 aromatic rings. The molecule has 2 unspecified atom stereocenters. The predicted octanol–water partition coefficient (Wildman–Crippen LogP) is 2.54. The normalized spacial score (nSPS) is 22.6. The highest BCUT2D eigenvalue weighted by molar-refractivity contribution is 4.89. The first-order valence-electron chi connectivity index (χ1n) is 7.92. The van der Waals surface area contributed by atoms with E-state index in [4.69, 9.17) is 4.52 Å². The van der Waals surface area contributed by atoms with Gasteiger partial charge in [0.25, 0.3) is 0 Å². The maximum absolute atomic E-state index is 9.68. The third kappa shape index (κ3) is 4.56. The molecule has 1 fully saturated rings. The molecule has 2 atom stereocenters. The van der Waals surface area contributed by atoms with Gasteiger partial charge in [0, 0.05) is 12.5 Å². The molecule has 0 saturated carbocycles. The fraction of sp³-hybridized carbons (Fsp3) is 0.867. The Morgan fingerprint density at radius 1 is 1.40 bits per heavy atom. The van der Waals surface area contributed by atoms with Gasteiger partial charge >= 0.3 is 0 Å². The first-order valence-corrected chi connectivity index (χ1v) is 7.92. The maximum Gasteiger partial charge on any atom is 0.226 e. The summed E-state index contributed by atoms with van der Waals surface area (Å²) in [6.45, 7) is 5.79. The van der Waals surface area contributed by atoms with Crippen molar-refractivity contribution < 1.29 is 9.63 Å². The predicted molar refractivity (Wildman–Crippen MR) is 77.3 cm³/mol. The fourth-order valence-corrected chi connectivity index (χ4v) is 2.96. The molecule has 5 nitrogen and oxygen atoms in total. The topological polar surface area (TPSA) is 62.4 Å². The van der Waals surface area contributed by atoms with Gasteiger partial charge in [0.15, 0.2) is 5.82 Å². The summed E-state index contributed by atoms with van der Waals surface area (Å²) < 4.78 is 5.26. The van der Waals surface area contributed by atoms with Crippen molar-refractivity contribution in [1.29, 1.82) is 0 Å². The quantitative estimate of drug-likeness (QED) is 0.868. The van der Waals surface area contributed by atoms with Crippen molar-refractivity contribution in [2.24, 2.45) is 0 Å². The number of hydrogen-bond donors (Lipinski definition) is 1. The van der Waals surface area contributed by atoms with Crippen LogP contribution in [0, 0.1) is 0 Å². The van der Waals surface area contributed by atoms with Crippen LogP contribution in [0.25, 0.3) is 0 Å². The standard InChI is InChI=1S/C15H27N3O2/c1-3-7-15-16-14(17-20-15)11-18-9-6-4-5-8-13(18)10-12(2)19/h12-13,19H,3-11H2,1-2H3. The van der Waals surface area contributed by atoms with Crippen LogP contribution in [0.3, 0.4) is 0 Å². The molecule has 0 bridgehead atoms. The molecule has 0 aliphatic carbocycles. The summed E-state index contributed by atoms with van der Waals surface area (Å²) in [6, 6.07) is 0.436. The molecule has 5 heteroatoms. The molecule has 1 aliphatic heterocycles. The second-order valence-electron chi connectivity index (χ2n) is 5.91. The zero-order valence-corrected chi connectivity index (χ0v) is 12.7. The summed E-state index contributed by atoms with van der Waals surface area (Å²) in [5.41, 5.74) is 0. The van der Waals surface area contributed by atoms with E-state index in [-0.39, 0.29) is 6.10 Å². The van der Waals surface area contributed by atoms with Gasteiger partial charge in [-0.15, -0.1) is 0 Å². The number of aryl methyl sites for hydroxylation is 1. The minimum Gasteiger partial charge on any atom is -0.393 e. The Morgan fingerprint density at radius 3 is 3.00 bits per heavy atom. The first-order chi connectivity index (χ1) is 9.69. The van der Waals surface area contributed by atoms with Crippen LogP contribution < -0.4 is 0 Å². The number of aromatic nitrogens is 2. The number of aliphatic hydroxyl groups excluding tert-OH is 1. The molecule has 2 rings (SSSR count). The molecule has 20 heavy (non-hydrogen) atoms. The molecule has 0 amide bonds. The Kier molecular flexibility index (Phi) is 5.98. The van der Waals surface area contributed by atoms with Crippen LogP contribution in [-0.2, 0) is 13.0 Å². The van der Waals surface area contributed by atoms with E-state index >= 15 is 0 Å². The van der Waals surface area contributed by atoms with Gasteiger partial charge in [-0.2, -0.15) is 4.98 Å². The average Bonchev–Trinajstić information content (AvgIpc) is 2.72. The van der Waals surface area contributed by atoms with Gasteiger partial charge in [-0.25, -0.2) is 0 Å². The van der Waals surface area contributed by atoms with E-state index < -0.39 is 0 Å². The third-order valence-corrected chi connectivity index (χ3v) is 3.93. The lowest BCUT2D eigenvalue weighted by atomic mass is 10.0. The van der Waals surface area contributed by atoms with E-state index in [2.05, 4.69) is 22.0 Å². The van der Waals surface area contributed by atoms with Crippen molar-refractivity contribution in [2.45, 2.75) is 77.5 Å². The van der Waals surface area contributed by atoms with Gasteiger partial charge in [0.1, 0.15) is 0 Å². The number of rotatable bonds is 6. The average molecular weight is 281 g/mol. The van der Waals surface area contributed by atoms with Gasteiger partial charge in [-0.3, -0.25) is 4.90 Å². The lowest BCUT2D eigenvalue weighted by Crippen LogP contribution is -2.36. The Hall–Kier alpha value is -0.940. The van der Waals surface area contributed by atoms with Crippen molar-refractivity contribution in [1.82, 2.24) is 15.0 Å². The van der Waals surface area contributed by atoms with Crippen LogP contribution in [0.15, 0.2) is 4.52 Å². The highest BCUT2D eigenvalue weighted by Crippen LogP contribution is 2.22. The smallest absolute Gasteiger partial charge is 0.226 e. The number of aliphatic hydroxyl groups is 1. The zero-order valence-electron chi connectivity index (χ0n) is 12.7. The molecule has 0 radical (unpaired) electrons. The molecule has 1 saturated heterocycles. The molecule has 0 aromatic carbocycles. The van der Waals surface area contributed by atoms with E-state index in [9.17, 15) is 5.11 Å². The van der Waals surface area contributed by atoms with E-state index in [1.165, 1.54) is 19.3 Å². The van der Waals surface area contributed by atoms with Crippen LogP contribution in [0.5, 0.6) is 0 Å². The molecular weight excluding hydrogens is 254 g/mol. The summed E-state index contributed by atoms with van der Waals surface area (Å²) in [5.74, 6) is 1.52. The van der Waals surface area contributed by atoms with E-state index in [1.807, 2.05) is 6.92 Å². The Bertz CT molecular complexity index is 392. The molecule has 1 aliphatic rings. The van der Waals surface area contributed by atoms with Gasteiger partial charge in [-0.1, -0.05) is 24.9 Å². The van der Waals surface area contributed by atoms with Crippen LogP contribution in [0.1, 0.15) is 64.1 Å². The molecule has 1 N–H and O–H groups in total. The zero-order chi connectivity index (χ0) is 14.4. The Labute approximate surface area is 121 Å². The molecule has 2 heterocycles. The second-order valence-corrected chi connectivity index (χ2v) is 5.91. The maximum atomic E-state index is 9.68. The molecule has 0 spiro atoms. The summed E-state index contributed by atoms with van der Waals surface area (Å²) in [7, 11) is 0. The summed E-state index contributed by atoms with van der Waals surface area (Å²) in [4.78, 5) is 6.87. The van der Waals surface area contributed by atoms with Crippen LogP contribution >= 0.6 is 0 Å². The SMILES string of the molecule is CCCc1nc(CN2CCCCCC2CC(C)O)no1. The molecular formula is C15H27N3O2. The first kappa shape index (κ1) is 15.4. The lowest BCUT2D eigenvalue weighted by Gasteiger charge is -2.29. The van der Waals surface area contributed by atoms with Gasteiger partial charge in [0.2, 0.25) is 5.89 Å². The lowest BCUT2D eigenvalue weighted by molar-refractivity contribution is 0.106. The number of hydrogen-bond acceptors (Lipinski definition) is 5. The van der Waals surface area contributed by atoms with Gasteiger partial charge in [0.05, 0.1) is 12.6 Å². The summed E-state index contributed by atoms with van der Waals surface area (Å²) in [6.07, 6.45) is 7.36. The molecule has 114 valence electrons. The van der Waals surface area contributed by atoms with E-state index in [0.717, 1.165) is 50.5 Å². The Morgan fingerprint density at radius 2 is 2.25 bits per heavy atom.